The van der Waals surface area contributed by atoms with Crippen LogP contribution in [-0.2, 0) is 11.3 Å². The van der Waals surface area contributed by atoms with Crippen LogP contribution >= 0.6 is 22.9 Å². The SMILES string of the molecule is Cc1cc(Cl)cc(-c2ncnc3cc(CN4C(=O)CCN(C)C4=O)sc23)c1O[C@H]1CCCNC1. The van der Waals surface area contributed by atoms with Crippen molar-refractivity contribution in [2.75, 3.05) is 26.7 Å². The van der Waals surface area contributed by atoms with Gasteiger partial charge in [-0.05, 0) is 50.1 Å². The van der Waals surface area contributed by atoms with Crippen molar-refractivity contribution in [3.8, 4) is 17.0 Å². The molecule has 178 valence electrons. The van der Waals surface area contributed by atoms with Crippen LogP contribution in [0.5, 0.6) is 5.75 Å². The van der Waals surface area contributed by atoms with Gasteiger partial charge in [-0.2, -0.15) is 0 Å². The molecule has 0 unspecified atom stereocenters. The predicted molar refractivity (Wildman–Crippen MR) is 132 cm³/mol. The van der Waals surface area contributed by atoms with Gasteiger partial charge in [-0.3, -0.25) is 9.69 Å². The highest BCUT2D eigenvalue weighted by Crippen LogP contribution is 2.41. The summed E-state index contributed by atoms with van der Waals surface area (Å²) in [5.74, 6) is 0.616. The van der Waals surface area contributed by atoms with Crippen molar-refractivity contribution in [1.82, 2.24) is 25.1 Å². The molecule has 0 radical (unpaired) electrons. The molecule has 1 atom stereocenters. The van der Waals surface area contributed by atoms with Gasteiger partial charge < -0.3 is 15.0 Å². The first kappa shape index (κ1) is 23.0. The summed E-state index contributed by atoms with van der Waals surface area (Å²) < 4.78 is 7.34. The Hall–Kier alpha value is -2.75. The number of aromatic nitrogens is 2. The average Bonchev–Trinajstić information content (AvgIpc) is 3.24. The third-order valence-electron chi connectivity index (χ3n) is 6.23. The number of urea groups is 1. The molecule has 0 bridgehead atoms. The fourth-order valence-corrected chi connectivity index (χ4v) is 5.82. The van der Waals surface area contributed by atoms with Crippen molar-refractivity contribution in [3.05, 3.63) is 40.0 Å². The van der Waals surface area contributed by atoms with Crippen molar-refractivity contribution in [1.29, 1.82) is 0 Å². The summed E-state index contributed by atoms with van der Waals surface area (Å²) in [7, 11) is 1.71. The number of aryl methyl sites for hydroxylation is 1. The first-order valence-electron chi connectivity index (χ1n) is 11.4. The summed E-state index contributed by atoms with van der Waals surface area (Å²) in [6.07, 6.45) is 4.00. The van der Waals surface area contributed by atoms with Gasteiger partial charge in [-0.25, -0.2) is 14.8 Å². The molecule has 8 nitrogen and oxygen atoms in total. The van der Waals surface area contributed by atoms with Crippen molar-refractivity contribution in [2.24, 2.45) is 0 Å². The number of ether oxygens (including phenoxy) is 1. The second-order valence-electron chi connectivity index (χ2n) is 8.77. The van der Waals surface area contributed by atoms with Gasteiger partial charge in [0.05, 0.1) is 22.5 Å². The summed E-state index contributed by atoms with van der Waals surface area (Å²) in [5, 5.41) is 4.00. The largest absolute Gasteiger partial charge is 0.488 e. The molecule has 2 fully saturated rings. The van der Waals surface area contributed by atoms with Gasteiger partial charge in [-0.1, -0.05) is 11.6 Å². The van der Waals surface area contributed by atoms with E-state index in [4.69, 9.17) is 16.3 Å². The van der Waals surface area contributed by atoms with Gasteiger partial charge in [0.1, 0.15) is 18.2 Å². The van der Waals surface area contributed by atoms with E-state index in [1.807, 2.05) is 25.1 Å². The number of benzene rings is 1. The lowest BCUT2D eigenvalue weighted by molar-refractivity contribution is -0.131. The lowest BCUT2D eigenvalue weighted by Gasteiger charge is -2.31. The lowest BCUT2D eigenvalue weighted by atomic mass is 10.0. The van der Waals surface area contributed by atoms with Gasteiger partial charge in [0.2, 0.25) is 5.91 Å². The van der Waals surface area contributed by atoms with Crippen LogP contribution in [0.2, 0.25) is 5.02 Å². The standard InChI is InChI=1S/C24H26ClN5O3S/c1-14-8-15(25)9-18(22(14)33-16-4-3-6-26-11-16)21-23-19(27-13-28-21)10-17(34-23)12-30-20(31)5-7-29(2)24(30)32/h8-10,13,16,26H,3-7,11-12H2,1-2H3/t16-/m0/s1. The Morgan fingerprint density at radius 1 is 1.26 bits per heavy atom. The molecule has 0 spiro atoms. The van der Waals surface area contributed by atoms with E-state index in [9.17, 15) is 9.59 Å². The number of imide groups is 1. The van der Waals surface area contributed by atoms with Crippen LogP contribution in [-0.4, -0.2) is 64.5 Å². The summed E-state index contributed by atoms with van der Waals surface area (Å²) in [6, 6.07) is 5.43. The summed E-state index contributed by atoms with van der Waals surface area (Å²) in [6.45, 7) is 4.46. The zero-order chi connectivity index (χ0) is 23.8. The number of fused-ring (bicyclic) bond motifs is 1. The predicted octanol–water partition coefficient (Wildman–Crippen LogP) is 4.24. The Morgan fingerprint density at radius 3 is 2.91 bits per heavy atom. The highest BCUT2D eigenvalue weighted by Gasteiger charge is 2.30. The highest BCUT2D eigenvalue weighted by molar-refractivity contribution is 7.19. The lowest BCUT2D eigenvalue weighted by Crippen LogP contribution is -2.49. The number of hydrogen-bond acceptors (Lipinski definition) is 7. The van der Waals surface area contributed by atoms with Crippen LogP contribution in [0.1, 0.15) is 29.7 Å². The number of rotatable bonds is 5. The van der Waals surface area contributed by atoms with Crippen LogP contribution in [0, 0.1) is 6.92 Å². The Labute approximate surface area is 206 Å². The molecule has 34 heavy (non-hydrogen) atoms. The molecule has 5 rings (SSSR count). The maximum atomic E-state index is 12.5. The number of nitrogens with one attached hydrogen (secondary N) is 1. The molecule has 0 aliphatic carbocycles. The van der Waals surface area contributed by atoms with Crippen LogP contribution in [0.15, 0.2) is 24.5 Å². The molecule has 2 aliphatic rings. The summed E-state index contributed by atoms with van der Waals surface area (Å²) in [4.78, 5) is 37.7. The van der Waals surface area contributed by atoms with Crippen molar-refractivity contribution >= 4 is 45.1 Å². The van der Waals surface area contributed by atoms with E-state index in [0.717, 1.165) is 63.6 Å². The molecule has 2 aliphatic heterocycles. The van der Waals surface area contributed by atoms with Crippen molar-refractivity contribution in [3.63, 3.8) is 0 Å². The number of halogens is 1. The summed E-state index contributed by atoms with van der Waals surface area (Å²) >= 11 is 7.94. The van der Waals surface area contributed by atoms with Crippen LogP contribution in [0.3, 0.4) is 0 Å². The average molecular weight is 500 g/mol. The third kappa shape index (κ3) is 4.47. The smallest absolute Gasteiger partial charge is 0.326 e. The zero-order valence-electron chi connectivity index (χ0n) is 19.1. The van der Waals surface area contributed by atoms with E-state index in [2.05, 4.69) is 15.3 Å². The normalized spacial score (nSPS) is 19.2. The van der Waals surface area contributed by atoms with Gasteiger partial charge >= 0.3 is 6.03 Å². The molecular weight excluding hydrogens is 474 g/mol. The Bertz CT molecular complexity index is 1260. The molecule has 0 saturated carbocycles. The van der Waals surface area contributed by atoms with Gasteiger partial charge in [-0.15, -0.1) is 11.3 Å². The van der Waals surface area contributed by atoms with E-state index in [1.165, 1.54) is 22.6 Å². The number of nitrogens with zero attached hydrogens (tertiary/aromatic N) is 4. The first-order valence-corrected chi connectivity index (χ1v) is 12.6. The fourth-order valence-electron chi connectivity index (χ4n) is 4.44. The maximum Gasteiger partial charge on any atom is 0.326 e. The van der Waals surface area contributed by atoms with Gasteiger partial charge in [0.15, 0.2) is 0 Å². The Balaban J connectivity index is 1.53. The first-order chi connectivity index (χ1) is 16.4. The van der Waals surface area contributed by atoms with Gasteiger partial charge in [0, 0.05) is 42.0 Å². The molecular formula is C24H26ClN5O3S. The monoisotopic (exact) mass is 499 g/mol. The zero-order valence-corrected chi connectivity index (χ0v) is 20.7. The minimum absolute atomic E-state index is 0.0803. The third-order valence-corrected chi connectivity index (χ3v) is 7.56. The Kier molecular flexibility index (Phi) is 6.42. The van der Waals surface area contributed by atoms with Crippen LogP contribution in [0.4, 0.5) is 4.79 Å². The number of carbonyl (C=O) groups is 2. The maximum absolute atomic E-state index is 12.5. The fraction of sp³-hybridized carbons (Fsp3) is 0.417. The second kappa shape index (κ2) is 9.48. The van der Waals surface area contributed by atoms with E-state index in [-0.39, 0.29) is 24.6 Å². The van der Waals surface area contributed by atoms with E-state index in [0.29, 0.717) is 18.0 Å². The number of carbonyl (C=O) groups excluding carboxylic acids is 2. The molecule has 3 aromatic rings. The van der Waals surface area contributed by atoms with Crippen LogP contribution < -0.4 is 10.1 Å². The highest BCUT2D eigenvalue weighted by atomic mass is 35.5. The number of hydrogen-bond donors (Lipinski definition) is 1. The molecule has 3 amide bonds. The molecule has 2 saturated heterocycles. The van der Waals surface area contributed by atoms with Gasteiger partial charge in [0.25, 0.3) is 0 Å². The summed E-state index contributed by atoms with van der Waals surface area (Å²) in [5.41, 5.74) is 3.27. The minimum atomic E-state index is -0.276. The Morgan fingerprint density at radius 2 is 2.12 bits per heavy atom. The van der Waals surface area contributed by atoms with Crippen molar-refractivity contribution < 1.29 is 14.3 Å². The van der Waals surface area contributed by atoms with Crippen molar-refractivity contribution in [2.45, 2.75) is 38.8 Å². The molecule has 1 aromatic carbocycles. The van der Waals surface area contributed by atoms with Crippen LogP contribution in [0.25, 0.3) is 21.5 Å². The molecule has 1 N–H and O–H groups in total. The molecule has 4 heterocycles. The number of thiophene rings is 1. The number of amides is 3. The molecule has 10 heteroatoms. The van der Waals surface area contributed by atoms with E-state index >= 15 is 0 Å². The number of piperidine rings is 1. The molecule has 2 aromatic heterocycles. The second-order valence-corrected chi connectivity index (χ2v) is 10.3. The van der Waals surface area contributed by atoms with E-state index < -0.39 is 0 Å². The van der Waals surface area contributed by atoms with E-state index in [1.54, 1.807) is 11.9 Å². The minimum Gasteiger partial charge on any atom is -0.488 e. The quantitative estimate of drug-likeness (QED) is 0.565. The topological polar surface area (TPSA) is 87.7 Å².